The molecule has 2 aromatic rings. The molecule has 0 spiro atoms. The molecule has 84 valence electrons. The summed E-state index contributed by atoms with van der Waals surface area (Å²) >= 11 is 1.72. The Labute approximate surface area is 97.6 Å². The van der Waals surface area contributed by atoms with Gasteiger partial charge in [-0.2, -0.15) is 0 Å². The molecule has 0 aliphatic carbocycles. The van der Waals surface area contributed by atoms with Gasteiger partial charge in [-0.3, -0.25) is 4.98 Å². The average Bonchev–Trinajstić information content (AvgIpc) is 2.83. The van der Waals surface area contributed by atoms with Crippen molar-refractivity contribution in [1.82, 2.24) is 9.97 Å². The first-order valence-electron chi connectivity index (χ1n) is 4.95. The van der Waals surface area contributed by atoms with Gasteiger partial charge < -0.3 is 9.84 Å². The molecule has 0 aliphatic heterocycles. The summed E-state index contributed by atoms with van der Waals surface area (Å²) in [5.74, 6) is 0.494. The van der Waals surface area contributed by atoms with Crippen LogP contribution in [-0.2, 0) is 13.0 Å². The highest BCUT2D eigenvalue weighted by Crippen LogP contribution is 2.10. The van der Waals surface area contributed by atoms with E-state index < -0.39 is 0 Å². The zero-order valence-electron chi connectivity index (χ0n) is 8.67. The normalized spacial score (nSPS) is 10.3. The summed E-state index contributed by atoms with van der Waals surface area (Å²) in [5, 5.41) is 10.8. The summed E-state index contributed by atoms with van der Waals surface area (Å²) < 4.78 is 5.43. The molecule has 2 rings (SSSR count). The zero-order valence-corrected chi connectivity index (χ0v) is 9.48. The van der Waals surface area contributed by atoms with Crippen LogP contribution in [0.4, 0.5) is 0 Å². The molecule has 5 heteroatoms. The van der Waals surface area contributed by atoms with Crippen molar-refractivity contribution >= 4 is 11.3 Å². The van der Waals surface area contributed by atoms with Crippen molar-refractivity contribution in [2.45, 2.75) is 13.0 Å². The van der Waals surface area contributed by atoms with Crippen LogP contribution >= 0.6 is 11.3 Å². The Morgan fingerprint density at radius 3 is 2.88 bits per heavy atom. The molecule has 0 bridgehead atoms. The quantitative estimate of drug-likeness (QED) is 0.857. The standard InChI is InChI=1S/C11H12N2O2S/c14-8-9-6-13-11(7-12-9)15-4-3-10-2-1-5-16-10/h1-2,5-7,14H,3-4,8H2. The van der Waals surface area contributed by atoms with Crippen LogP contribution < -0.4 is 4.74 Å². The maximum atomic E-state index is 8.79. The predicted molar refractivity (Wildman–Crippen MR) is 61.5 cm³/mol. The number of aliphatic hydroxyl groups excluding tert-OH is 1. The molecule has 2 aromatic heterocycles. The third-order valence-electron chi connectivity index (χ3n) is 2.02. The van der Waals surface area contributed by atoms with Crippen molar-refractivity contribution < 1.29 is 9.84 Å². The Morgan fingerprint density at radius 2 is 2.25 bits per heavy atom. The maximum Gasteiger partial charge on any atom is 0.232 e. The third kappa shape index (κ3) is 3.01. The summed E-state index contributed by atoms with van der Waals surface area (Å²) in [5.41, 5.74) is 0.547. The van der Waals surface area contributed by atoms with Crippen LogP contribution in [0.5, 0.6) is 5.88 Å². The highest BCUT2D eigenvalue weighted by molar-refractivity contribution is 7.09. The van der Waals surface area contributed by atoms with E-state index in [0.717, 1.165) is 6.42 Å². The lowest BCUT2D eigenvalue weighted by Gasteiger charge is -2.03. The monoisotopic (exact) mass is 236 g/mol. The van der Waals surface area contributed by atoms with Crippen molar-refractivity contribution in [3.63, 3.8) is 0 Å². The van der Waals surface area contributed by atoms with Crippen LogP contribution in [0, 0.1) is 0 Å². The minimum atomic E-state index is -0.0948. The van der Waals surface area contributed by atoms with E-state index in [-0.39, 0.29) is 6.61 Å². The minimum absolute atomic E-state index is 0.0948. The van der Waals surface area contributed by atoms with Gasteiger partial charge in [0, 0.05) is 11.3 Å². The number of hydrogen-bond donors (Lipinski definition) is 1. The molecule has 0 saturated carbocycles. The highest BCUT2D eigenvalue weighted by Gasteiger charge is 1.98. The van der Waals surface area contributed by atoms with E-state index in [9.17, 15) is 0 Å². The van der Waals surface area contributed by atoms with Crippen molar-refractivity contribution in [3.05, 3.63) is 40.5 Å². The fraction of sp³-hybridized carbons (Fsp3) is 0.273. The summed E-state index contributed by atoms with van der Waals surface area (Å²) in [4.78, 5) is 9.30. The Kier molecular flexibility index (Phi) is 3.85. The molecule has 0 aromatic carbocycles. The van der Waals surface area contributed by atoms with E-state index in [1.807, 2.05) is 11.4 Å². The van der Waals surface area contributed by atoms with Gasteiger partial charge >= 0.3 is 0 Å². The van der Waals surface area contributed by atoms with E-state index in [1.54, 1.807) is 11.3 Å². The van der Waals surface area contributed by atoms with E-state index >= 15 is 0 Å². The molecule has 4 nitrogen and oxygen atoms in total. The lowest BCUT2D eigenvalue weighted by molar-refractivity contribution is 0.273. The van der Waals surface area contributed by atoms with Crippen molar-refractivity contribution in [1.29, 1.82) is 0 Å². The van der Waals surface area contributed by atoms with Crippen LogP contribution in [0.2, 0.25) is 0 Å². The fourth-order valence-corrected chi connectivity index (χ4v) is 1.90. The van der Waals surface area contributed by atoms with Gasteiger partial charge in [0.2, 0.25) is 5.88 Å². The second-order valence-corrected chi connectivity index (χ2v) is 4.21. The molecule has 2 heterocycles. The summed E-state index contributed by atoms with van der Waals surface area (Å²) in [7, 11) is 0. The minimum Gasteiger partial charge on any atom is -0.476 e. The largest absolute Gasteiger partial charge is 0.476 e. The van der Waals surface area contributed by atoms with Crippen molar-refractivity contribution in [3.8, 4) is 5.88 Å². The van der Waals surface area contributed by atoms with Crippen LogP contribution in [-0.4, -0.2) is 21.7 Å². The zero-order chi connectivity index (χ0) is 11.2. The molecule has 0 atom stereocenters. The molecular formula is C11H12N2O2S. The van der Waals surface area contributed by atoms with Gasteiger partial charge in [0.1, 0.15) is 0 Å². The van der Waals surface area contributed by atoms with Crippen molar-refractivity contribution in [2.75, 3.05) is 6.61 Å². The lowest BCUT2D eigenvalue weighted by Crippen LogP contribution is -2.02. The lowest BCUT2D eigenvalue weighted by atomic mass is 10.4. The van der Waals surface area contributed by atoms with Crippen LogP contribution in [0.25, 0.3) is 0 Å². The number of thiophene rings is 1. The molecule has 0 unspecified atom stereocenters. The highest BCUT2D eigenvalue weighted by atomic mass is 32.1. The molecule has 16 heavy (non-hydrogen) atoms. The Hall–Kier alpha value is -1.46. The second kappa shape index (κ2) is 5.58. The van der Waals surface area contributed by atoms with E-state index in [1.165, 1.54) is 17.3 Å². The maximum absolute atomic E-state index is 8.79. The molecule has 0 aliphatic rings. The molecule has 0 saturated heterocycles. The SMILES string of the molecule is OCc1cnc(OCCc2cccs2)cn1. The number of hydrogen-bond acceptors (Lipinski definition) is 5. The summed E-state index contributed by atoms with van der Waals surface area (Å²) in [6.07, 6.45) is 3.92. The van der Waals surface area contributed by atoms with E-state index in [0.29, 0.717) is 18.2 Å². The van der Waals surface area contributed by atoms with Crippen LogP contribution in [0.15, 0.2) is 29.9 Å². The van der Waals surface area contributed by atoms with E-state index in [2.05, 4.69) is 16.0 Å². The summed E-state index contributed by atoms with van der Waals surface area (Å²) in [6, 6.07) is 4.10. The smallest absolute Gasteiger partial charge is 0.232 e. The number of aliphatic hydroxyl groups is 1. The molecular weight excluding hydrogens is 224 g/mol. The van der Waals surface area contributed by atoms with Gasteiger partial charge in [-0.15, -0.1) is 11.3 Å². The van der Waals surface area contributed by atoms with Crippen LogP contribution in [0.1, 0.15) is 10.6 Å². The Balaban J connectivity index is 1.81. The Morgan fingerprint density at radius 1 is 1.31 bits per heavy atom. The molecule has 0 fully saturated rings. The van der Waals surface area contributed by atoms with Gasteiger partial charge in [0.25, 0.3) is 0 Å². The number of nitrogens with zero attached hydrogens (tertiary/aromatic N) is 2. The molecule has 0 radical (unpaired) electrons. The third-order valence-corrected chi connectivity index (χ3v) is 2.96. The van der Waals surface area contributed by atoms with Gasteiger partial charge in [-0.1, -0.05) is 6.07 Å². The topological polar surface area (TPSA) is 55.2 Å². The van der Waals surface area contributed by atoms with Crippen molar-refractivity contribution in [2.24, 2.45) is 0 Å². The fourth-order valence-electron chi connectivity index (χ4n) is 1.21. The number of aromatic nitrogens is 2. The van der Waals surface area contributed by atoms with Gasteiger partial charge in [0.15, 0.2) is 0 Å². The van der Waals surface area contributed by atoms with Gasteiger partial charge in [0.05, 0.1) is 31.3 Å². The predicted octanol–water partition coefficient (Wildman–Crippen LogP) is 1.65. The molecule has 1 N–H and O–H groups in total. The summed E-state index contributed by atoms with van der Waals surface area (Å²) in [6.45, 7) is 0.496. The second-order valence-electron chi connectivity index (χ2n) is 3.18. The Bertz CT molecular complexity index is 414. The average molecular weight is 236 g/mol. The first-order valence-corrected chi connectivity index (χ1v) is 5.83. The van der Waals surface area contributed by atoms with Crippen LogP contribution in [0.3, 0.4) is 0 Å². The van der Waals surface area contributed by atoms with Gasteiger partial charge in [-0.05, 0) is 11.4 Å². The van der Waals surface area contributed by atoms with Gasteiger partial charge in [-0.25, -0.2) is 4.98 Å². The van der Waals surface area contributed by atoms with E-state index in [4.69, 9.17) is 9.84 Å². The first kappa shape index (κ1) is 11.0. The molecule has 0 amide bonds. The number of rotatable bonds is 5. The number of ether oxygens (including phenoxy) is 1. The first-order chi connectivity index (χ1) is 7.88.